The fraction of sp³-hybridized carbons (Fsp3) is 0.500. The molecular weight excluding hydrogens is 323 g/mol. The van der Waals surface area contributed by atoms with Crippen molar-refractivity contribution in [1.82, 2.24) is 10.2 Å². The van der Waals surface area contributed by atoms with Gasteiger partial charge in [-0.2, -0.15) is 0 Å². The number of nitrogens with zero attached hydrogens (tertiary/aromatic N) is 1. The Morgan fingerprint density at radius 2 is 2.18 bits per heavy atom. The third-order valence-electron chi connectivity index (χ3n) is 3.96. The molecule has 0 unspecified atom stereocenters. The second-order valence-corrected chi connectivity index (χ2v) is 6.70. The van der Waals surface area contributed by atoms with Crippen LogP contribution in [0.2, 0.25) is 10.0 Å². The van der Waals surface area contributed by atoms with Gasteiger partial charge in [-0.05, 0) is 37.5 Å². The zero-order valence-corrected chi connectivity index (χ0v) is 14.2. The van der Waals surface area contributed by atoms with Crippen LogP contribution in [-0.4, -0.2) is 36.3 Å². The molecule has 6 heteroatoms. The van der Waals surface area contributed by atoms with Crippen LogP contribution in [0, 0.1) is 5.92 Å². The van der Waals surface area contributed by atoms with Crippen LogP contribution in [0.4, 0.5) is 0 Å². The summed E-state index contributed by atoms with van der Waals surface area (Å²) in [5.41, 5.74) is 0.943. The van der Waals surface area contributed by atoms with Gasteiger partial charge in [-0.25, -0.2) is 0 Å². The highest BCUT2D eigenvalue weighted by molar-refractivity contribution is 6.35. The number of hydrogen-bond acceptors (Lipinski definition) is 2. The molecular formula is C16H20Cl2N2O2. The van der Waals surface area contributed by atoms with E-state index in [1.165, 1.54) is 0 Å². The lowest BCUT2D eigenvalue weighted by atomic mass is 9.95. The molecule has 0 saturated carbocycles. The van der Waals surface area contributed by atoms with Crippen LogP contribution in [0.3, 0.4) is 0 Å². The molecule has 0 aliphatic carbocycles. The van der Waals surface area contributed by atoms with Crippen molar-refractivity contribution >= 4 is 35.0 Å². The summed E-state index contributed by atoms with van der Waals surface area (Å²) >= 11 is 12.0. The highest BCUT2D eigenvalue weighted by Gasteiger charge is 2.29. The Morgan fingerprint density at radius 3 is 2.82 bits per heavy atom. The number of piperidine rings is 1. The van der Waals surface area contributed by atoms with Gasteiger partial charge in [0, 0.05) is 42.0 Å². The maximum atomic E-state index is 12.3. The summed E-state index contributed by atoms with van der Waals surface area (Å²) in [5, 5.41) is 4.17. The quantitative estimate of drug-likeness (QED) is 0.914. The maximum absolute atomic E-state index is 12.3. The van der Waals surface area contributed by atoms with Crippen molar-refractivity contribution in [3.63, 3.8) is 0 Å². The molecule has 1 aromatic carbocycles. The van der Waals surface area contributed by atoms with E-state index in [0.29, 0.717) is 29.4 Å². The van der Waals surface area contributed by atoms with Crippen LogP contribution in [0.15, 0.2) is 18.2 Å². The molecule has 1 fully saturated rings. The number of hydrogen-bond donors (Lipinski definition) is 1. The summed E-state index contributed by atoms with van der Waals surface area (Å²) in [6.45, 7) is 2.56. The second-order valence-electron chi connectivity index (χ2n) is 5.85. The third-order valence-corrected chi connectivity index (χ3v) is 4.55. The van der Waals surface area contributed by atoms with Crippen molar-refractivity contribution in [1.29, 1.82) is 0 Å². The summed E-state index contributed by atoms with van der Waals surface area (Å²) in [6.07, 6.45) is 1.63. The first-order valence-corrected chi connectivity index (χ1v) is 8.10. The van der Waals surface area contributed by atoms with Gasteiger partial charge < -0.3 is 10.2 Å². The molecule has 1 aliphatic heterocycles. The van der Waals surface area contributed by atoms with E-state index in [1.807, 2.05) is 13.0 Å². The molecule has 0 aromatic heterocycles. The standard InChI is InChI=1S/C16H20Cl2N2O2/c1-10(7-11-3-4-13(17)9-14(11)18)19-16(22)12-5-6-20(2)15(21)8-12/h3-4,9-10,12H,5-8H2,1-2H3,(H,19,22)/t10-,12-/m0/s1. The summed E-state index contributed by atoms with van der Waals surface area (Å²) in [6, 6.07) is 5.29. The smallest absolute Gasteiger partial charge is 0.223 e. The van der Waals surface area contributed by atoms with Crippen LogP contribution in [0.5, 0.6) is 0 Å². The van der Waals surface area contributed by atoms with Crippen molar-refractivity contribution in [2.24, 2.45) is 5.92 Å². The third kappa shape index (κ3) is 4.37. The first-order chi connectivity index (χ1) is 10.4. The number of amides is 2. The van der Waals surface area contributed by atoms with Gasteiger partial charge in [-0.3, -0.25) is 9.59 Å². The molecule has 2 amide bonds. The fourth-order valence-electron chi connectivity index (χ4n) is 2.60. The monoisotopic (exact) mass is 342 g/mol. The number of benzene rings is 1. The van der Waals surface area contributed by atoms with Gasteiger partial charge in [0.05, 0.1) is 0 Å². The van der Waals surface area contributed by atoms with Crippen LogP contribution in [-0.2, 0) is 16.0 Å². The van der Waals surface area contributed by atoms with Gasteiger partial charge in [-0.1, -0.05) is 29.3 Å². The van der Waals surface area contributed by atoms with E-state index < -0.39 is 0 Å². The summed E-state index contributed by atoms with van der Waals surface area (Å²) in [4.78, 5) is 25.6. The molecule has 1 heterocycles. The van der Waals surface area contributed by atoms with E-state index in [0.717, 1.165) is 5.56 Å². The SMILES string of the molecule is C[C@@H](Cc1ccc(Cl)cc1Cl)NC(=O)[C@H]1CCN(C)C(=O)C1. The summed E-state index contributed by atoms with van der Waals surface area (Å²) < 4.78 is 0. The van der Waals surface area contributed by atoms with Gasteiger partial charge in [0.15, 0.2) is 0 Å². The van der Waals surface area contributed by atoms with E-state index in [9.17, 15) is 9.59 Å². The summed E-state index contributed by atoms with van der Waals surface area (Å²) in [5.74, 6) is -0.259. The van der Waals surface area contributed by atoms with E-state index in [1.54, 1.807) is 24.1 Å². The Balaban J connectivity index is 1.90. The van der Waals surface area contributed by atoms with Crippen molar-refractivity contribution < 1.29 is 9.59 Å². The van der Waals surface area contributed by atoms with Crippen LogP contribution in [0.25, 0.3) is 0 Å². The highest BCUT2D eigenvalue weighted by atomic mass is 35.5. The van der Waals surface area contributed by atoms with Crippen molar-refractivity contribution in [2.45, 2.75) is 32.2 Å². The Kier molecular flexibility index (Phi) is 5.70. The number of carbonyl (C=O) groups excluding carboxylic acids is 2. The second kappa shape index (κ2) is 7.34. The van der Waals surface area contributed by atoms with E-state index in [2.05, 4.69) is 5.32 Å². The molecule has 22 heavy (non-hydrogen) atoms. The minimum Gasteiger partial charge on any atom is -0.353 e. The molecule has 2 atom stereocenters. The van der Waals surface area contributed by atoms with E-state index in [-0.39, 0.29) is 30.2 Å². The summed E-state index contributed by atoms with van der Waals surface area (Å²) in [7, 11) is 1.77. The minimum absolute atomic E-state index is 0.0276. The zero-order valence-electron chi connectivity index (χ0n) is 12.7. The predicted molar refractivity (Wildman–Crippen MR) is 88.1 cm³/mol. The lowest BCUT2D eigenvalue weighted by Gasteiger charge is -2.28. The molecule has 1 aromatic rings. The van der Waals surface area contributed by atoms with Gasteiger partial charge in [0.2, 0.25) is 11.8 Å². The molecule has 120 valence electrons. The fourth-order valence-corrected chi connectivity index (χ4v) is 3.08. The maximum Gasteiger partial charge on any atom is 0.223 e. The van der Waals surface area contributed by atoms with Crippen LogP contribution >= 0.6 is 23.2 Å². The first-order valence-electron chi connectivity index (χ1n) is 7.35. The Bertz CT molecular complexity index is 577. The predicted octanol–water partition coefficient (Wildman–Crippen LogP) is 2.91. The lowest BCUT2D eigenvalue weighted by Crippen LogP contribution is -2.44. The van der Waals surface area contributed by atoms with Crippen molar-refractivity contribution in [2.75, 3.05) is 13.6 Å². The molecule has 4 nitrogen and oxygen atoms in total. The van der Waals surface area contributed by atoms with Gasteiger partial charge in [0.25, 0.3) is 0 Å². The minimum atomic E-state index is -0.230. The number of carbonyl (C=O) groups is 2. The number of likely N-dealkylation sites (tertiary alicyclic amines) is 1. The Hall–Kier alpha value is -1.26. The number of halogens is 2. The highest BCUT2D eigenvalue weighted by Crippen LogP contribution is 2.22. The van der Waals surface area contributed by atoms with Gasteiger partial charge in [-0.15, -0.1) is 0 Å². The first kappa shape index (κ1) is 17.1. The van der Waals surface area contributed by atoms with Crippen LogP contribution < -0.4 is 5.32 Å². The zero-order chi connectivity index (χ0) is 16.3. The molecule has 1 aliphatic rings. The molecule has 1 N–H and O–H groups in total. The van der Waals surface area contributed by atoms with Crippen LogP contribution in [0.1, 0.15) is 25.3 Å². The van der Waals surface area contributed by atoms with Crippen molar-refractivity contribution in [3.05, 3.63) is 33.8 Å². The molecule has 2 rings (SSSR count). The topological polar surface area (TPSA) is 49.4 Å². The Labute approximate surface area is 140 Å². The van der Waals surface area contributed by atoms with Crippen molar-refractivity contribution in [3.8, 4) is 0 Å². The Morgan fingerprint density at radius 1 is 1.45 bits per heavy atom. The van der Waals surface area contributed by atoms with Gasteiger partial charge >= 0.3 is 0 Å². The number of nitrogens with one attached hydrogen (secondary N) is 1. The normalized spacial score (nSPS) is 19.9. The number of rotatable bonds is 4. The van der Waals surface area contributed by atoms with Gasteiger partial charge in [0.1, 0.15) is 0 Å². The van der Waals surface area contributed by atoms with E-state index in [4.69, 9.17) is 23.2 Å². The molecule has 0 radical (unpaired) electrons. The largest absolute Gasteiger partial charge is 0.353 e. The lowest BCUT2D eigenvalue weighted by molar-refractivity contribution is -0.139. The molecule has 0 spiro atoms. The average Bonchev–Trinajstić information content (AvgIpc) is 2.45. The molecule has 1 saturated heterocycles. The average molecular weight is 343 g/mol. The van der Waals surface area contributed by atoms with E-state index >= 15 is 0 Å². The molecule has 0 bridgehead atoms.